The molecule has 0 aromatic heterocycles. The smallest absolute Gasteiger partial charge is 0.0897 e. The lowest BCUT2D eigenvalue weighted by Gasteiger charge is -2.35. The standard InChI is InChI=1S/C13H27NO3/c1-3-4-7-16-10-12(15)9-14-13(2)6-5-8-17-11-13/h12,14-15H,3-11H2,1-2H3. The SMILES string of the molecule is CCCCOCC(O)CNC1(C)CCCOC1. The minimum Gasteiger partial charge on any atom is -0.389 e. The van der Waals surface area contributed by atoms with Crippen molar-refractivity contribution in [3.8, 4) is 0 Å². The van der Waals surface area contributed by atoms with Gasteiger partial charge in [-0.25, -0.2) is 0 Å². The number of β-amino-alcohol motifs (C(OH)–C–C–N with tert-alkyl or cyclic N) is 1. The van der Waals surface area contributed by atoms with E-state index >= 15 is 0 Å². The maximum absolute atomic E-state index is 9.77. The second-order valence-corrected chi connectivity index (χ2v) is 5.18. The molecule has 2 unspecified atom stereocenters. The van der Waals surface area contributed by atoms with E-state index in [0.717, 1.165) is 45.5 Å². The summed E-state index contributed by atoms with van der Waals surface area (Å²) < 4.78 is 10.8. The summed E-state index contributed by atoms with van der Waals surface area (Å²) in [5.74, 6) is 0. The number of hydrogen-bond donors (Lipinski definition) is 2. The van der Waals surface area contributed by atoms with Crippen LogP contribution in [0.4, 0.5) is 0 Å². The van der Waals surface area contributed by atoms with Gasteiger partial charge in [-0.05, 0) is 26.2 Å². The van der Waals surface area contributed by atoms with Gasteiger partial charge in [0.15, 0.2) is 0 Å². The summed E-state index contributed by atoms with van der Waals surface area (Å²) in [5, 5.41) is 13.1. The molecule has 0 aliphatic carbocycles. The van der Waals surface area contributed by atoms with Gasteiger partial charge in [-0.15, -0.1) is 0 Å². The van der Waals surface area contributed by atoms with Gasteiger partial charge >= 0.3 is 0 Å². The van der Waals surface area contributed by atoms with Crippen LogP contribution >= 0.6 is 0 Å². The highest BCUT2D eigenvalue weighted by molar-refractivity contribution is 4.86. The average Bonchev–Trinajstić information content (AvgIpc) is 2.33. The van der Waals surface area contributed by atoms with Gasteiger partial charge in [0.2, 0.25) is 0 Å². The van der Waals surface area contributed by atoms with Gasteiger partial charge in [0.05, 0.1) is 19.3 Å². The van der Waals surface area contributed by atoms with Crippen LogP contribution in [0.1, 0.15) is 39.5 Å². The molecular formula is C13H27NO3. The van der Waals surface area contributed by atoms with E-state index in [0.29, 0.717) is 13.2 Å². The minimum absolute atomic E-state index is 0.0165. The Morgan fingerprint density at radius 3 is 3.00 bits per heavy atom. The van der Waals surface area contributed by atoms with Gasteiger partial charge in [0.1, 0.15) is 0 Å². The Morgan fingerprint density at radius 2 is 2.35 bits per heavy atom. The summed E-state index contributed by atoms with van der Waals surface area (Å²) in [6.07, 6.45) is 3.96. The van der Waals surface area contributed by atoms with Crippen LogP contribution in [0, 0.1) is 0 Å². The van der Waals surface area contributed by atoms with E-state index in [-0.39, 0.29) is 5.54 Å². The molecule has 0 aromatic rings. The van der Waals surface area contributed by atoms with E-state index in [2.05, 4.69) is 19.2 Å². The Labute approximate surface area is 105 Å². The molecule has 4 nitrogen and oxygen atoms in total. The molecule has 17 heavy (non-hydrogen) atoms. The molecule has 0 aromatic carbocycles. The first-order valence-corrected chi connectivity index (χ1v) is 6.75. The molecule has 1 heterocycles. The predicted molar refractivity (Wildman–Crippen MR) is 68.2 cm³/mol. The van der Waals surface area contributed by atoms with Gasteiger partial charge in [0.25, 0.3) is 0 Å². The topological polar surface area (TPSA) is 50.7 Å². The van der Waals surface area contributed by atoms with Crippen LogP contribution in [0.25, 0.3) is 0 Å². The number of hydrogen-bond acceptors (Lipinski definition) is 4. The van der Waals surface area contributed by atoms with E-state index < -0.39 is 6.10 Å². The number of aliphatic hydroxyl groups excluding tert-OH is 1. The van der Waals surface area contributed by atoms with Gasteiger partial charge in [-0.1, -0.05) is 13.3 Å². The lowest BCUT2D eigenvalue weighted by Crippen LogP contribution is -2.51. The largest absolute Gasteiger partial charge is 0.389 e. The molecule has 1 aliphatic rings. The normalized spacial score (nSPS) is 27.0. The molecule has 1 saturated heterocycles. The lowest BCUT2D eigenvalue weighted by molar-refractivity contribution is 0.00590. The summed E-state index contributed by atoms with van der Waals surface area (Å²) in [5.41, 5.74) is 0.0165. The highest BCUT2D eigenvalue weighted by Gasteiger charge is 2.27. The number of ether oxygens (including phenoxy) is 2. The van der Waals surface area contributed by atoms with Crippen LogP contribution in [0.3, 0.4) is 0 Å². The van der Waals surface area contributed by atoms with Gasteiger partial charge in [-0.2, -0.15) is 0 Å². The maximum Gasteiger partial charge on any atom is 0.0897 e. The van der Waals surface area contributed by atoms with Crippen LogP contribution in [0.2, 0.25) is 0 Å². The van der Waals surface area contributed by atoms with E-state index in [1.807, 2.05) is 0 Å². The van der Waals surface area contributed by atoms with E-state index in [9.17, 15) is 5.11 Å². The molecule has 1 aliphatic heterocycles. The fourth-order valence-corrected chi connectivity index (χ4v) is 1.96. The molecule has 0 bridgehead atoms. The molecule has 0 spiro atoms. The van der Waals surface area contributed by atoms with E-state index in [4.69, 9.17) is 9.47 Å². The van der Waals surface area contributed by atoms with Crippen molar-refractivity contribution in [3.63, 3.8) is 0 Å². The Balaban J connectivity index is 2.07. The fourth-order valence-electron chi connectivity index (χ4n) is 1.96. The summed E-state index contributed by atoms with van der Waals surface area (Å²) in [7, 11) is 0. The zero-order chi connectivity index (χ0) is 12.6. The molecular weight excluding hydrogens is 218 g/mol. The summed E-state index contributed by atoms with van der Waals surface area (Å²) in [4.78, 5) is 0. The molecule has 2 atom stereocenters. The first kappa shape index (κ1) is 14.9. The fraction of sp³-hybridized carbons (Fsp3) is 1.00. The quantitative estimate of drug-likeness (QED) is 0.633. The van der Waals surface area contributed by atoms with Crippen molar-refractivity contribution in [2.24, 2.45) is 0 Å². The lowest BCUT2D eigenvalue weighted by atomic mass is 9.95. The van der Waals surface area contributed by atoms with Gasteiger partial charge < -0.3 is 19.9 Å². The summed E-state index contributed by atoms with van der Waals surface area (Å²) >= 11 is 0. The van der Waals surface area contributed by atoms with Crippen molar-refractivity contribution < 1.29 is 14.6 Å². The molecule has 2 N–H and O–H groups in total. The number of nitrogens with one attached hydrogen (secondary N) is 1. The van der Waals surface area contributed by atoms with Crippen LogP contribution in [0.5, 0.6) is 0 Å². The van der Waals surface area contributed by atoms with Crippen LogP contribution in [-0.4, -0.2) is 49.7 Å². The van der Waals surface area contributed by atoms with Crippen molar-refractivity contribution >= 4 is 0 Å². The van der Waals surface area contributed by atoms with Crippen molar-refractivity contribution in [2.75, 3.05) is 33.0 Å². The molecule has 1 fully saturated rings. The third-order valence-corrected chi connectivity index (χ3v) is 3.15. The number of aliphatic hydroxyl groups is 1. The van der Waals surface area contributed by atoms with Gasteiger partial charge in [0, 0.05) is 25.3 Å². The van der Waals surface area contributed by atoms with Crippen LogP contribution in [-0.2, 0) is 9.47 Å². The second-order valence-electron chi connectivity index (χ2n) is 5.18. The monoisotopic (exact) mass is 245 g/mol. The van der Waals surface area contributed by atoms with Crippen molar-refractivity contribution in [1.82, 2.24) is 5.32 Å². The van der Waals surface area contributed by atoms with E-state index in [1.165, 1.54) is 0 Å². The zero-order valence-electron chi connectivity index (χ0n) is 11.2. The third kappa shape index (κ3) is 6.36. The maximum atomic E-state index is 9.77. The molecule has 102 valence electrons. The summed E-state index contributed by atoms with van der Waals surface area (Å²) in [6, 6.07) is 0. The third-order valence-electron chi connectivity index (χ3n) is 3.15. The van der Waals surface area contributed by atoms with Crippen LogP contribution in [0.15, 0.2) is 0 Å². The Morgan fingerprint density at radius 1 is 1.53 bits per heavy atom. The number of unbranched alkanes of at least 4 members (excludes halogenated alkanes) is 1. The van der Waals surface area contributed by atoms with E-state index in [1.54, 1.807) is 0 Å². The number of rotatable bonds is 8. The molecule has 0 amide bonds. The van der Waals surface area contributed by atoms with Crippen LogP contribution < -0.4 is 5.32 Å². The Hall–Kier alpha value is -0.160. The molecule has 1 rings (SSSR count). The Bertz CT molecular complexity index is 193. The zero-order valence-corrected chi connectivity index (χ0v) is 11.2. The highest BCUT2D eigenvalue weighted by atomic mass is 16.5. The first-order chi connectivity index (χ1) is 8.16. The second kappa shape index (κ2) is 8.03. The molecule has 4 heteroatoms. The predicted octanol–water partition coefficient (Wildman–Crippen LogP) is 1.32. The van der Waals surface area contributed by atoms with Crippen molar-refractivity contribution in [3.05, 3.63) is 0 Å². The van der Waals surface area contributed by atoms with Crippen molar-refractivity contribution in [2.45, 2.75) is 51.2 Å². The van der Waals surface area contributed by atoms with Crippen molar-refractivity contribution in [1.29, 1.82) is 0 Å². The summed E-state index contributed by atoms with van der Waals surface area (Å²) in [6.45, 7) is 7.61. The average molecular weight is 245 g/mol. The molecule has 0 saturated carbocycles. The molecule has 0 radical (unpaired) electrons. The van der Waals surface area contributed by atoms with Gasteiger partial charge in [-0.3, -0.25) is 0 Å². The highest BCUT2D eigenvalue weighted by Crippen LogP contribution is 2.17. The minimum atomic E-state index is -0.425. The Kier molecular flexibility index (Phi) is 7.04. The first-order valence-electron chi connectivity index (χ1n) is 6.75.